The number of nitrogen functional groups attached to an aromatic ring is 1. The normalized spacial score (nSPS) is 13.9. The van der Waals surface area contributed by atoms with Crippen LogP contribution in [0.1, 0.15) is 29.3 Å². The summed E-state index contributed by atoms with van der Waals surface area (Å²) in [7, 11) is 1.58. The molecule has 0 radical (unpaired) electrons. The summed E-state index contributed by atoms with van der Waals surface area (Å²) >= 11 is 0. The SMILES string of the molecule is COCCC(C)(O)CNC(=O)c1ccc(N)c(C)c1. The van der Waals surface area contributed by atoms with Crippen LogP contribution >= 0.6 is 0 Å². The number of anilines is 1. The Labute approximate surface area is 113 Å². The van der Waals surface area contributed by atoms with Crippen molar-refractivity contribution in [2.75, 3.05) is 26.0 Å². The van der Waals surface area contributed by atoms with E-state index in [0.717, 1.165) is 5.56 Å². The van der Waals surface area contributed by atoms with Crippen LogP contribution in [0.25, 0.3) is 0 Å². The third kappa shape index (κ3) is 4.89. The topological polar surface area (TPSA) is 84.6 Å². The second kappa shape index (κ2) is 6.54. The molecule has 0 aliphatic carbocycles. The van der Waals surface area contributed by atoms with Gasteiger partial charge in [0, 0.05) is 37.9 Å². The molecule has 0 bridgehead atoms. The molecule has 1 amide bonds. The van der Waals surface area contributed by atoms with Crippen molar-refractivity contribution in [3.8, 4) is 0 Å². The maximum Gasteiger partial charge on any atom is 0.251 e. The number of aliphatic hydroxyl groups is 1. The summed E-state index contributed by atoms with van der Waals surface area (Å²) in [6.07, 6.45) is 0.463. The van der Waals surface area contributed by atoms with Crippen molar-refractivity contribution in [1.82, 2.24) is 5.32 Å². The number of hydrogen-bond donors (Lipinski definition) is 3. The van der Waals surface area contributed by atoms with E-state index in [0.29, 0.717) is 24.3 Å². The molecule has 0 spiro atoms. The van der Waals surface area contributed by atoms with Gasteiger partial charge in [-0.25, -0.2) is 0 Å². The molecule has 0 saturated heterocycles. The van der Waals surface area contributed by atoms with Crippen LogP contribution < -0.4 is 11.1 Å². The number of benzene rings is 1. The molecule has 19 heavy (non-hydrogen) atoms. The third-order valence-corrected chi connectivity index (χ3v) is 3.01. The number of amides is 1. The zero-order chi connectivity index (χ0) is 14.5. The van der Waals surface area contributed by atoms with E-state index < -0.39 is 5.60 Å². The molecule has 1 aromatic carbocycles. The molecule has 1 atom stereocenters. The number of hydrogen-bond acceptors (Lipinski definition) is 4. The van der Waals surface area contributed by atoms with Crippen LogP contribution in [0.4, 0.5) is 5.69 Å². The largest absolute Gasteiger partial charge is 0.399 e. The molecular formula is C14H22N2O3. The van der Waals surface area contributed by atoms with Crippen molar-refractivity contribution in [3.63, 3.8) is 0 Å². The van der Waals surface area contributed by atoms with Crippen molar-refractivity contribution < 1.29 is 14.6 Å². The second-order valence-electron chi connectivity index (χ2n) is 4.99. The summed E-state index contributed by atoms with van der Waals surface area (Å²) < 4.78 is 4.91. The monoisotopic (exact) mass is 266 g/mol. The molecule has 1 rings (SSSR count). The van der Waals surface area contributed by atoms with Gasteiger partial charge in [0.2, 0.25) is 0 Å². The Kier molecular flexibility index (Phi) is 5.32. The van der Waals surface area contributed by atoms with Gasteiger partial charge in [-0.15, -0.1) is 0 Å². The number of nitrogens with two attached hydrogens (primary N) is 1. The predicted molar refractivity (Wildman–Crippen MR) is 75.0 cm³/mol. The van der Waals surface area contributed by atoms with Gasteiger partial charge in [0.05, 0.1) is 5.60 Å². The highest BCUT2D eigenvalue weighted by atomic mass is 16.5. The van der Waals surface area contributed by atoms with E-state index in [1.807, 2.05) is 6.92 Å². The maximum absolute atomic E-state index is 11.9. The van der Waals surface area contributed by atoms with Gasteiger partial charge in [-0.05, 0) is 37.6 Å². The van der Waals surface area contributed by atoms with Gasteiger partial charge in [-0.1, -0.05) is 0 Å². The fourth-order valence-corrected chi connectivity index (χ4v) is 1.60. The van der Waals surface area contributed by atoms with E-state index in [4.69, 9.17) is 10.5 Å². The Balaban J connectivity index is 2.57. The fraction of sp³-hybridized carbons (Fsp3) is 0.500. The Morgan fingerprint density at radius 3 is 2.79 bits per heavy atom. The van der Waals surface area contributed by atoms with Crippen molar-refractivity contribution in [3.05, 3.63) is 29.3 Å². The molecule has 0 heterocycles. The van der Waals surface area contributed by atoms with E-state index in [-0.39, 0.29) is 12.5 Å². The Bertz CT molecular complexity index is 444. The van der Waals surface area contributed by atoms with E-state index in [9.17, 15) is 9.90 Å². The molecule has 5 nitrogen and oxygen atoms in total. The first-order valence-corrected chi connectivity index (χ1v) is 6.21. The molecule has 106 valence electrons. The van der Waals surface area contributed by atoms with Gasteiger partial charge < -0.3 is 20.9 Å². The zero-order valence-corrected chi connectivity index (χ0v) is 11.7. The van der Waals surface area contributed by atoms with Crippen LogP contribution in [0.3, 0.4) is 0 Å². The lowest BCUT2D eigenvalue weighted by atomic mass is 10.0. The maximum atomic E-state index is 11.9. The second-order valence-corrected chi connectivity index (χ2v) is 4.99. The number of aryl methyl sites for hydroxylation is 1. The lowest BCUT2D eigenvalue weighted by Crippen LogP contribution is -2.41. The number of carbonyl (C=O) groups excluding carboxylic acids is 1. The van der Waals surface area contributed by atoms with Gasteiger partial charge >= 0.3 is 0 Å². The average molecular weight is 266 g/mol. The smallest absolute Gasteiger partial charge is 0.251 e. The standard InChI is InChI=1S/C14H22N2O3/c1-10-8-11(4-5-12(10)15)13(17)16-9-14(2,18)6-7-19-3/h4-5,8,18H,6-7,9,15H2,1-3H3,(H,16,17). The van der Waals surface area contributed by atoms with Crippen LogP contribution in [0.5, 0.6) is 0 Å². The summed E-state index contributed by atoms with van der Waals surface area (Å²) in [4.78, 5) is 11.9. The molecule has 0 saturated carbocycles. The lowest BCUT2D eigenvalue weighted by Gasteiger charge is -2.23. The number of nitrogens with one attached hydrogen (secondary N) is 1. The molecule has 0 fully saturated rings. The third-order valence-electron chi connectivity index (χ3n) is 3.01. The zero-order valence-electron chi connectivity index (χ0n) is 11.7. The van der Waals surface area contributed by atoms with E-state index in [2.05, 4.69) is 5.32 Å². The summed E-state index contributed by atoms with van der Waals surface area (Å²) in [5.41, 5.74) is 6.78. The molecule has 0 aliphatic heterocycles. The molecule has 1 aromatic rings. The van der Waals surface area contributed by atoms with Crippen molar-refractivity contribution in [2.45, 2.75) is 25.9 Å². The van der Waals surface area contributed by atoms with E-state index >= 15 is 0 Å². The fourth-order valence-electron chi connectivity index (χ4n) is 1.60. The van der Waals surface area contributed by atoms with Crippen molar-refractivity contribution in [1.29, 1.82) is 0 Å². The number of rotatable bonds is 6. The van der Waals surface area contributed by atoms with Gasteiger partial charge in [0.1, 0.15) is 0 Å². The first-order valence-electron chi connectivity index (χ1n) is 6.21. The summed E-state index contributed by atoms with van der Waals surface area (Å²) in [6.45, 7) is 4.14. The first kappa shape index (κ1) is 15.5. The molecular weight excluding hydrogens is 244 g/mol. The predicted octanol–water partition coefficient (Wildman–Crippen LogP) is 1.09. The van der Waals surface area contributed by atoms with Gasteiger partial charge in [-0.2, -0.15) is 0 Å². The van der Waals surface area contributed by atoms with Crippen LogP contribution in [-0.2, 0) is 4.74 Å². The lowest BCUT2D eigenvalue weighted by molar-refractivity contribution is 0.0243. The summed E-state index contributed by atoms with van der Waals surface area (Å²) in [5.74, 6) is -0.221. The number of methoxy groups -OCH3 is 1. The number of carbonyl (C=O) groups is 1. The highest BCUT2D eigenvalue weighted by molar-refractivity contribution is 5.94. The van der Waals surface area contributed by atoms with Crippen LogP contribution in [-0.4, -0.2) is 36.9 Å². The average Bonchev–Trinajstić information content (AvgIpc) is 2.37. The van der Waals surface area contributed by atoms with Crippen molar-refractivity contribution in [2.24, 2.45) is 0 Å². The quantitative estimate of drug-likeness (QED) is 0.673. The summed E-state index contributed by atoms with van der Waals surface area (Å²) in [5, 5.41) is 12.7. The Hall–Kier alpha value is -1.59. The van der Waals surface area contributed by atoms with Crippen LogP contribution in [0, 0.1) is 6.92 Å². The Morgan fingerprint density at radius 2 is 2.21 bits per heavy atom. The van der Waals surface area contributed by atoms with E-state index in [1.54, 1.807) is 32.2 Å². The minimum absolute atomic E-state index is 0.179. The van der Waals surface area contributed by atoms with Gasteiger partial charge in [-0.3, -0.25) is 4.79 Å². The minimum Gasteiger partial charge on any atom is -0.399 e. The molecule has 1 unspecified atom stereocenters. The first-order chi connectivity index (χ1) is 8.85. The van der Waals surface area contributed by atoms with Crippen molar-refractivity contribution >= 4 is 11.6 Å². The highest BCUT2D eigenvalue weighted by Crippen LogP contribution is 2.13. The van der Waals surface area contributed by atoms with Crippen LogP contribution in [0.2, 0.25) is 0 Å². The molecule has 0 aromatic heterocycles. The summed E-state index contributed by atoms with van der Waals surface area (Å²) in [6, 6.07) is 5.10. The Morgan fingerprint density at radius 1 is 1.53 bits per heavy atom. The van der Waals surface area contributed by atoms with Gasteiger partial charge in [0.15, 0.2) is 0 Å². The number of ether oxygens (including phenoxy) is 1. The highest BCUT2D eigenvalue weighted by Gasteiger charge is 2.21. The molecule has 4 N–H and O–H groups in total. The molecule has 0 aliphatic rings. The van der Waals surface area contributed by atoms with E-state index in [1.165, 1.54) is 0 Å². The minimum atomic E-state index is -0.978. The van der Waals surface area contributed by atoms with Crippen LogP contribution in [0.15, 0.2) is 18.2 Å². The van der Waals surface area contributed by atoms with Gasteiger partial charge in [0.25, 0.3) is 5.91 Å². The molecule has 5 heteroatoms.